The maximum absolute atomic E-state index is 13.0. The molecule has 3 nitrogen and oxygen atoms in total. The van der Waals surface area contributed by atoms with Crippen molar-refractivity contribution in [3.63, 3.8) is 0 Å². The average molecular weight is 421 g/mol. The van der Waals surface area contributed by atoms with E-state index < -0.39 is 18.9 Å². The third-order valence-electron chi connectivity index (χ3n) is 6.62. The molecule has 0 aliphatic carbocycles. The number of ether oxygens (including phenoxy) is 2. The summed E-state index contributed by atoms with van der Waals surface area (Å²) in [7, 11) is 0. The van der Waals surface area contributed by atoms with Gasteiger partial charge in [-0.2, -0.15) is 0 Å². The van der Waals surface area contributed by atoms with E-state index in [4.69, 9.17) is 9.47 Å². The third-order valence-corrected chi connectivity index (χ3v) is 23.0. The Hall–Kier alpha value is -0.807. The van der Waals surface area contributed by atoms with E-state index in [2.05, 4.69) is 41.5 Å². The van der Waals surface area contributed by atoms with Gasteiger partial charge in [0.05, 0.1) is 0 Å². The van der Waals surface area contributed by atoms with Crippen molar-refractivity contribution in [3.8, 4) is 0 Å². The Bertz CT molecular complexity index is 575. The van der Waals surface area contributed by atoms with Crippen LogP contribution in [0.4, 0.5) is 0 Å². The average Bonchev–Trinajstić information content (AvgIpc) is 3.02. The van der Waals surface area contributed by atoms with Crippen LogP contribution in [0.15, 0.2) is 30.3 Å². The number of carbonyl (C=O) groups is 1. The van der Waals surface area contributed by atoms with Gasteiger partial charge >= 0.3 is 162 Å². The Kier molecular flexibility index (Phi) is 7.00. The summed E-state index contributed by atoms with van der Waals surface area (Å²) in [5, 5.41) is 0. The molecule has 2 atom stereocenters. The molecule has 0 unspecified atom stereocenters. The van der Waals surface area contributed by atoms with Crippen LogP contribution in [0.25, 0.3) is 0 Å². The standard InChI is InChI=1S/C22H36GeO3/c1-8-25-21(24)22(19-12-10-9-11-13-19)14-20(15-26-22)23(16(2)3,17(4)5)18(6)7/h9-13,16-18,20H,8,14-15H2,1-7H3/t20-,22+/m1/s1. The van der Waals surface area contributed by atoms with Crippen molar-refractivity contribution < 1.29 is 14.3 Å². The number of esters is 1. The van der Waals surface area contributed by atoms with Gasteiger partial charge < -0.3 is 0 Å². The Morgan fingerprint density at radius 3 is 2.12 bits per heavy atom. The van der Waals surface area contributed by atoms with Crippen molar-refractivity contribution in [1.29, 1.82) is 0 Å². The number of rotatable bonds is 7. The molecule has 4 heteroatoms. The second-order valence-corrected chi connectivity index (χ2v) is 21.8. The van der Waals surface area contributed by atoms with E-state index in [-0.39, 0.29) is 5.97 Å². The molecule has 1 saturated heterocycles. The van der Waals surface area contributed by atoms with Crippen LogP contribution in [-0.4, -0.2) is 32.4 Å². The normalized spacial score (nSPS) is 23.8. The fourth-order valence-corrected chi connectivity index (χ4v) is 22.3. The summed E-state index contributed by atoms with van der Waals surface area (Å²) in [4.78, 5) is 13.0. The van der Waals surface area contributed by atoms with Crippen LogP contribution in [-0.2, 0) is 19.9 Å². The summed E-state index contributed by atoms with van der Waals surface area (Å²) in [5.41, 5.74) is 0.00502. The molecule has 0 aromatic heterocycles. The van der Waals surface area contributed by atoms with E-state index in [0.717, 1.165) is 12.0 Å². The molecule has 1 heterocycles. The van der Waals surface area contributed by atoms with E-state index >= 15 is 0 Å². The van der Waals surface area contributed by atoms with Gasteiger partial charge in [0.15, 0.2) is 0 Å². The zero-order chi connectivity index (χ0) is 19.5. The van der Waals surface area contributed by atoms with E-state index in [1.807, 2.05) is 37.3 Å². The van der Waals surface area contributed by atoms with Crippen LogP contribution in [0.1, 0.15) is 60.5 Å². The molecule has 0 radical (unpaired) electrons. The predicted octanol–water partition coefficient (Wildman–Crippen LogP) is 5.91. The van der Waals surface area contributed by atoms with Crippen LogP contribution in [0, 0.1) is 0 Å². The number of hydrogen-bond donors (Lipinski definition) is 0. The fourth-order valence-electron chi connectivity index (χ4n) is 5.86. The van der Waals surface area contributed by atoms with Crippen LogP contribution in [0.3, 0.4) is 0 Å². The monoisotopic (exact) mass is 422 g/mol. The minimum absolute atomic E-state index is 0.221. The topological polar surface area (TPSA) is 35.5 Å². The molecule has 1 fully saturated rings. The Morgan fingerprint density at radius 1 is 1.12 bits per heavy atom. The molecule has 0 bridgehead atoms. The van der Waals surface area contributed by atoms with Gasteiger partial charge in [-0.1, -0.05) is 0 Å². The zero-order valence-corrected chi connectivity index (χ0v) is 19.6. The maximum atomic E-state index is 13.0. The first-order chi connectivity index (χ1) is 12.2. The van der Waals surface area contributed by atoms with Gasteiger partial charge in [0, 0.05) is 0 Å². The van der Waals surface area contributed by atoms with E-state index in [0.29, 0.717) is 32.2 Å². The molecule has 1 aromatic rings. The number of hydrogen-bond acceptors (Lipinski definition) is 3. The fraction of sp³-hybridized carbons (Fsp3) is 0.682. The van der Waals surface area contributed by atoms with Gasteiger partial charge in [0.1, 0.15) is 0 Å². The second-order valence-electron chi connectivity index (χ2n) is 8.59. The second kappa shape index (κ2) is 8.47. The molecule has 0 N–H and O–H groups in total. The van der Waals surface area contributed by atoms with Crippen molar-refractivity contribution in [2.45, 2.75) is 79.5 Å². The van der Waals surface area contributed by atoms with Crippen molar-refractivity contribution in [1.82, 2.24) is 0 Å². The molecule has 1 aliphatic heterocycles. The summed E-state index contributed by atoms with van der Waals surface area (Å²) in [6.45, 7) is 17.3. The van der Waals surface area contributed by atoms with Crippen LogP contribution in [0.5, 0.6) is 0 Å². The van der Waals surface area contributed by atoms with Gasteiger partial charge in [-0.15, -0.1) is 0 Å². The third kappa shape index (κ3) is 3.49. The summed E-state index contributed by atoms with van der Waals surface area (Å²) >= 11 is -2.36. The number of benzene rings is 1. The van der Waals surface area contributed by atoms with E-state index in [1.54, 1.807) is 0 Å². The van der Waals surface area contributed by atoms with Gasteiger partial charge in [-0.25, -0.2) is 0 Å². The van der Waals surface area contributed by atoms with Crippen LogP contribution < -0.4 is 0 Å². The first kappa shape index (κ1) is 21.5. The summed E-state index contributed by atoms with van der Waals surface area (Å²) in [5.74, 6) is -0.221. The molecular formula is C22H36GeO3. The van der Waals surface area contributed by atoms with E-state index in [1.165, 1.54) is 0 Å². The zero-order valence-electron chi connectivity index (χ0n) is 17.5. The van der Waals surface area contributed by atoms with Gasteiger partial charge in [-0.3, -0.25) is 0 Å². The summed E-state index contributed by atoms with van der Waals surface area (Å²) in [6, 6.07) is 9.96. The molecule has 0 amide bonds. The predicted molar refractivity (Wildman–Crippen MR) is 110 cm³/mol. The van der Waals surface area contributed by atoms with Crippen LogP contribution >= 0.6 is 0 Å². The van der Waals surface area contributed by atoms with Crippen molar-refractivity contribution in [2.24, 2.45) is 0 Å². The molecular weight excluding hydrogens is 385 g/mol. The Labute approximate surface area is 162 Å². The molecule has 26 heavy (non-hydrogen) atoms. The quantitative estimate of drug-likeness (QED) is 0.406. The van der Waals surface area contributed by atoms with Gasteiger partial charge in [0.25, 0.3) is 0 Å². The minimum atomic E-state index is -2.36. The Balaban J connectivity index is 2.49. The molecule has 1 aromatic carbocycles. The van der Waals surface area contributed by atoms with Gasteiger partial charge in [-0.05, 0) is 0 Å². The molecule has 0 spiro atoms. The van der Waals surface area contributed by atoms with Crippen molar-refractivity contribution in [3.05, 3.63) is 35.9 Å². The molecule has 1 aliphatic rings. The molecule has 146 valence electrons. The number of carbonyl (C=O) groups excluding carboxylic acids is 1. The van der Waals surface area contributed by atoms with Gasteiger partial charge in [0.2, 0.25) is 0 Å². The summed E-state index contributed by atoms with van der Waals surface area (Å²) < 4.78 is 14.4. The summed E-state index contributed by atoms with van der Waals surface area (Å²) in [6.07, 6.45) is 0.768. The Morgan fingerprint density at radius 2 is 1.65 bits per heavy atom. The first-order valence-electron chi connectivity index (χ1n) is 10.1. The van der Waals surface area contributed by atoms with Crippen molar-refractivity contribution >= 4 is 19.2 Å². The first-order valence-corrected chi connectivity index (χ1v) is 14.9. The van der Waals surface area contributed by atoms with Crippen molar-refractivity contribution in [2.75, 3.05) is 13.2 Å². The van der Waals surface area contributed by atoms with Crippen LogP contribution in [0.2, 0.25) is 19.0 Å². The SMILES string of the molecule is CCOC(=O)[C@@]1(c2ccccc2)C[C@@H]([Ge]([CH](C)C)([CH](C)C)[CH](C)C)CO1. The van der Waals surface area contributed by atoms with E-state index in [9.17, 15) is 4.79 Å². The molecule has 0 saturated carbocycles. The molecule has 2 rings (SSSR count).